The number of carbonyl (C=O) groups excluding carboxylic acids is 1. The number of amides is 1. The van der Waals surface area contributed by atoms with E-state index >= 15 is 0 Å². The summed E-state index contributed by atoms with van der Waals surface area (Å²) in [5, 5.41) is 6.22. The number of piperidine rings is 1. The number of likely N-dealkylation sites (tertiary alicyclic amines) is 1. The Morgan fingerprint density at radius 1 is 1.25 bits per heavy atom. The molecule has 0 spiro atoms. The van der Waals surface area contributed by atoms with Crippen LogP contribution in [-0.2, 0) is 11.3 Å². The maximum atomic E-state index is 11.5. The van der Waals surface area contributed by atoms with Gasteiger partial charge in [-0.05, 0) is 44.3 Å². The van der Waals surface area contributed by atoms with Crippen molar-refractivity contribution in [2.75, 3.05) is 47.3 Å². The lowest BCUT2D eigenvalue weighted by molar-refractivity contribution is -0.121. The zero-order valence-corrected chi connectivity index (χ0v) is 19.8. The Hall–Kier alpha value is -1.35. The van der Waals surface area contributed by atoms with Gasteiger partial charge in [0.25, 0.3) is 0 Å². The number of nitrogens with zero attached hydrogens (tertiary/aromatic N) is 3. The Balaban J connectivity index is 0.00000392. The number of halogens is 1. The summed E-state index contributed by atoms with van der Waals surface area (Å²) in [6.45, 7) is 4.88. The third-order valence-corrected chi connectivity index (χ3v) is 5.17. The molecule has 1 amide bonds. The van der Waals surface area contributed by atoms with E-state index in [2.05, 4.69) is 62.8 Å². The molecule has 1 aliphatic heterocycles. The summed E-state index contributed by atoms with van der Waals surface area (Å²) in [5.41, 5.74) is 1.35. The van der Waals surface area contributed by atoms with E-state index in [1.54, 1.807) is 7.05 Å². The highest BCUT2D eigenvalue weighted by molar-refractivity contribution is 14.0. The Kier molecular flexibility index (Phi) is 12.1. The van der Waals surface area contributed by atoms with Crippen LogP contribution in [0.5, 0.6) is 0 Å². The Labute approximate surface area is 187 Å². The number of hydrogen-bond donors (Lipinski definition) is 2. The van der Waals surface area contributed by atoms with Gasteiger partial charge in [0.1, 0.15) is 0 Å². The summed E-state index contributed by atoms with van der Waals surface area (Å²) in [6.07, 6.45) is 3.82. The summed E-state index contributed by atoms with van der Waals surface area (Å²) >= 11 is 0. The highest BCUT2D eigenvalue weighted by Crippen LogP contribution is 2.20. The zero-order chi connectivity index (χ0) is 19.5. The highest BCUT2D eigenvalue weighted by Gasteiger charge is 2.22. The second-order valence-corrected chi connectivity index (χ2v) is 7.36. The number of nitrogens with one attached hydrogen (secondary N) is 2. The van der Waals surface area contributed by atoms with Crippen molar-refractivity contribution in [2.24, 2.45) is 10.9 Å². The number of rotatable bonds is 8. The zero-order valence-electron chi connectivity index (χ0n) is 17.5. The van der Waals surface area contributed by atoms with Crippen molar-refractivity contribution in [3.05, 3.63) is 35.9 Å². The van der Waals surface area contributed by atoms with Gasteiger partial charge in [-0.15, -0.1) is 24.0 Å². The van der Waals surface area contributed by atoms with Gasteiger partial charge in [-0.3, -0.25) is 9.79 Å². The predicted octanol–water partition coefficient (Wildman–Crippen LogP) is 2.55. The Morgan fingerprint density at radius 2 is 1.93 bits per heavy atom. The van der Waals surface area contributed by atoms with Gasteiger partial charge >= 0.3 is 0 Å². The minimum absolute atomic E-state index is 0. The molecule has 0 radical (unpaired) electrons. The van der Waals surface area contributed by atoms with Crippen LogP contribution < -0.4 is 10.6 Å². The maximum absolute atomic E-state index is 11.5. The largest absolute Gasteiger partial charge is 0.359 e. The molecular weight excluding hydrogens is 465 g/mol. The van der Waals surface area contributed by atoms with Crippen LogP contribution in [0.1, 0.15) is 31.2 Å². The van der Waals surface area contributed by atoms with Crippen LogP contribution in [0.15, 0.2) is 35.3 Å². The average molecular weight is 501 g/mol. The molecule has 2 N–H and O–H groups in total. The van der Waals surface area contributed by atoms with Gasteiger partial charge in [0.05, 0.1) is 0 Å². The van der Waals surface area contributed by atoms with Crippen LogP contribution in [0.3, 0.4) is 0 Å². The molecule has 0 unspecified atom stereocenters. The van der Waals surface area contributed by atoms with Gasteiger partial charge in [0.15, 0.2) is 5.96 Å². The summed E-state index contributed by atoms with van der Waals surface area (Å²) < 4.78 is 0. The molecule has 1 heterocycles. The quantitative estimate of drug-likeness (QED) is 0.249. The van der Waals surface area contributed by atoms with Crippen LogP contribution in [-0.4, -0.2) is 69.0 Å². The molecule has 6 nitrogen and oxygen atoms in total. The van der Waals surface area contributed by atoms with Gasteiger partial charge < -0.3 is 20.4 Å². The topological polar surface area (TPSA) is 60.0 Å². The molecule has 2 rings (SSSR count). The molecule has 0 saturated carbocycles. The molecule has 0 atom stereocenters. The highest BCUT2D eigenvalue weighted by atomic mass is 127. The maximum Gasteiger partial charge on any atom is 0.220 e. The van der Waals surface area contributed by atoms with Gasteiger partial charge in [-0.25, -0.2) is 0 Å². The lowest BCUT2D eigenvalue weighted by Crippen LogP contribution is -2.46. The van der Waals surface area contributed by atoms with E-state index in [1.165, 1.54) is 5.56 Å². The minimum atomic E-state index is 0. The van der Waals surface area contributed by atoms with Crippen molar-refractivity contribution in [3.8, 4) is 0 Å². The van der Waals surface area contributed by atoms with Crippen LogP contribution in [0.2, 0.25) is 0 Å². The van der Waals surface area contributed by atoms with E-state index in [9.17, 15) is 4.79 Å². The molecule has 1 saturated heterocycles. The first-order chi connectivity index (χ1) is 13.1. The summed E-state index contributed by atoms with van der Waals surface area (Å²) in [7, 11) is 5.72. The third-order valence-electron chi connectivity index (χ3n) is 5.17. The molecule has 0 bridgehead atoms. The molecule has 1 aliphatic rings. The Bertz CT molecular complexity index is 588. The molecule has 1 aromatic rings. The normalized spacial score (nSPS) is 15.3. The summed E-state index contributed by atoms with van der Waals surface area (Å²) in [4.78, 5) is 20.6. The lowest BCUT2D eigenvalue weighted by Gasteiger charge is -2.34. The van der Waals surface area contributed by atoms with E-state index in [4.69, 9.17) is 0 Å². The smallest absolute Gasteiger partial charge is 0.220 e. The second kappa shape index (κ2) is 13.8. The van der Waals surface area contributed by atoms with Crippen molar-refractivity contribution in [1.82, 2.24) is 20.4 Å². The number of hydrogen-bond acceptors (Lipinski definition) is 3. The molecule has 28 heavy (non-hydrogen) atoms. The second-order valence-electron chi connectivity index (χ2n) is 7.36. The molecule has 1 aromatic carbocycles. The van der Waals surface area contributed by atoms with Crippen LogP contribution in [0.4, 0.5) is 0 Å². The van der Waals surface area contributed by atoms with E-state index in [1.807, 2.05) is 7.05 Å². The van der Waals surface area contributed by atoms with E-state index in [0.717, 1.165) is 57.9 Å². The van der Waals surface area contributed by atoms with Gasteiger partial charge in [-0.1, -0.05) is 30.3 Å². The SMILES string of the molecule is CN=C(NCCCN(C)Cc1ccccc1)N1CCC(CC(=O)NC)CC1.I. The fraction of sp³-hybridized carbons (Fsp3) is 0.619. The molecule has 0 aromatic heterocycles. The van der Waals surface area contributed by atoms with E-state index < -0.39 is 0 Å². The van der Waals surface area contributed by atoms with Gasteiger partial charge in [0, 0.05) is 46.7 Å². The van der Waals surface area contributed by atoms with Crippen LogP contribution in [0, 0.1) is 5.92 Å². The fourth-order valence-electron chi connectivity index (χ4n) is 3.57. The number of guanidine groups is 1. The number of carbonyl (C=O) groups is 1. The van der Waals surface area contributed by atoms with Crippen molar-refractivity contribution in [3.63, 3.8) is 0 Å². The molecule has 158 valence electrons. The molecular formula is C21H36IN5O. The first-order valence-corrected chi connectivity index (χ1v) is 10.0. The molecule has 1 fully saturated rings. The van der Waals surface area contributed by atoms with Crippen molar-refractivity contribution in [1.29, 1.82) is 0 Å². The van der Waals surface area contributed by atoms with Crippen molar-refractivity contribution in [2.45, 2.75) is 32.2 Å². The van der Waals surface area contributed by atoms with Gasteiger partial charge in [0.2, 0.25) is 5.91 Å². The summed E-state index contributed by atoms with van der Waals surface area (Å²) in [5.74, 6) is 1.63. The monoisotopic (exact) mass is 501 g/mol. The number of benzene rings is 1. The number of aliphatic imine (C=N–C) groups is 1. The minimum Gasteiger partial charge on any atom is -0.359 e. The van der Waals surface area contributed by atoms with Crippen LogP contribution in [0.25, 0.3) is 0 Å². The Morgan fingerprint density at radius 3 is 2.54 bits per heavy atom. The molecule has 7 heteroatoms. The van der Waals surface area contributed by atoms with Gasteiger partial charge in [-0.2, -0.15) is 0 Å². The average Bonchev–Trinajstić information content (AvgIpc) is 2.69. The van der Waals surface area contributed by atoms with Crippen molar-refractivity contribution < 1.29 is 4.79 Å². The standard InChI is InChI=1S/C21H35N5O.HI/c1-22-20(27)16-18-10-14-26(15-11-18)21(23-2)24-12-7-13-25(3)17-19-8-5-4-6-9-19;/h4-6,8-9,18H,7,10-17H2,1-3H3,(H,22,27)(H,23,24);1H. The lowest BCUT2D eigenvalue weighted by atomic mass is 9.93. The fourth-order valence-corrected chi connectivity index (χ4v) is 3.57. The third kappa shape index (κ3) is 8.77. The summed E-state index contributed by atoms with van der Waals surface area (Å²) in [6, 6.07) is 10.6. The van der Waals surface area contributed by atoms with E-state index in [-0.39, 0.29) is 29.9 Å². The first kappa shape index (κ1) is 24.7. The molecule has 0 aliphatic carbocycles. The van der Waals surface area contributed by atoms with E-state index in [0.29, 0.717) is 12.3 Å². The first-order valence-electron chi connectivity index (χ1n) is 10.0. The van der Waals surface area contributed by atoms with Crippen molar-refractivity contribution >= 4 is 35.8 Å². The van der Waals surface area contributed by atoms with Crippen LogP contribution >= 0.6 is 24.0 Å². The predicted molar refractivity (Wildman–Crippen MR) is 127 cm³/mol.